The van der Waals surface area contributed by atoms with Gasteiger partial charge in [0.05, 0.1) is 23.5 Å². The predicted octanol–water partition coefficient (Wildman–Crippen LogP) is 1.53. The Morgan fingerprint density at radius 2 is 2.15 bits per heavy atom. The average Bonchev–Trinajstić information content (AvgIpc) is 2.87. The number of rotatable bonds is 2. The molecule has 2 heterocycles. The number of hydrazine groups is 2. The smallest absolute Gasteiger partial charge is 0.307 e. The van der Waals surface area contributed by atoms with Crippen molar-refractivity contribution in [1.29, 1.82) is 0 Å². The molecule has 0 atom stereocenters. The number of carbonyl (C=O) groups excluding carboxylic acids is 1. The quantitative estimate of drug-likeness (QED) is 0.750. The zero-order valence-electron chi connectivity index (χ0n) is 10.5. The number of fused-ring (bicyclic) bond motifs is 1. The van der Waals surface area contributed by atoms with Gasteiger partial charge in [0.1, 0.15) is 0 Å². The first kappa shape index (κ1) is 13.6. The van der Waals surface area contributed by atoms with Gasteiger partial charge in [-0.05, 0) is 40.8 Å². The highest BCUT2D eigenvalue weighted by Gasteiger charge is 2.53. The van der Waals surface area contributed by atoms with Crippen molar-refractivity contribution < 1.29 is 13.6 Å². The molecule has 3 rings (SSSR count). The van der Waals surface area contributed by atoms with Crippen LogP contribution in [0.3, 0.4) is 0 Å². The van der Waals surface area contributed by atoms with Crippen LogP contribution in [-0.2, 0) is 10.7 Å². The number of hydrogen-bond donors (Lipinski definition) is 2. The molecule has 8 heteroatoms. The van der Waals surface area contributed by atoms with Gasteiger partial charge in [-0.1, -0.05) is 0 Å². The number of carbonyl (C=O) groups is 1. The molecule has 2 N–H and O–H groups in total. The Kier molecular flexibility index (Phi) is 3.09. The summed E-state index contributed by atoms with van der Waals surface area (Å²) in [6, 6.07) is 4.62. The third kappa shape index (κ3) is 2.03. The van der Waals surface area contributed by atoms with E-state index in [0.717, 1.165) is 4.90 Å². The molecule has 0 bridgehead atoms. The number of halogens is 3. The van der Waals surface area contributed by atoms with Crippen LogP contribution >= 0.6 is 22.6 Å². The van der Waals surface area contributed by atoms with Gasteiger partial charge in [0.2, 0.25) is 0 Å². The van der Waals surface area contributed by atoms with E-state index >= 15 is 0 Å². The van der Waals surface area contributed by atoms with Gasteiger partial charge in [0.15, 0.2) is 0 Å². The summed E-state index contributed by atoms with van der Waals surface area (Å²) in [5, 5.41) is 1.57. The summed E-state index contributed by atoms with van der Waals surface area (Å²) in [6.45, 7) is 0.0688. The molecule has 0 aliphatic carbocycles. The molecule has 0 unspecified atom stereocenters. The Labute approximate surface area is 127 Å². The second-order valence-corrected chi connectivity index (χ2v) is 5.84. The molecule has 0 radical (unpaired) electrons. The van der Waals surface area contributed by atoms with E-state index < -0.39 is 11.8 Å². The Bertz CT molecular complexity index is 619. The summed E-state index contributed by atoms with van der Waals surface area (Å²) in [5.41, 5.74) is 6.44. The zero-order valence-corrected chi connectivity index (χ0v) is 12.6. The van der Waals surface area contributed by atoms with Crippen molar-refractivity contribution in [1.82, 2.24) is 16.0 Å². The molecule has 2 aliphatic rings. The van der Waals surface area contributed by atoms with Crippen molar-refractivity contribution in [2.45, 2.75) is 5.92 Å². The molecule has 1 amide bonds. The van der Waals surface area contributed by atoms with Crippen molar-refractivity contribution in [3.05, 3.63) is 39.2 Å². The third-order valence-corrected chi connectivity index (χ3v) is 3.84. The van der Waals surface area contributed by atoms with Crippen LogP contribution in [-0.4, -0.2) is 24.6 Å². The van der Waals surface area contributed by atoms with Crippen LogP contribution in [0, 0.1) is 3.57 Å². The van der Waals surface area contributed by atoms with Crippen molar-refractivity contribution >= 4 is 34.2 Å². The highest BCUT2D eigenvalue weighted by atomic mass is 127. The highest BCUT2D eigenvalue weighted by Crippen LogP contribution is 2.44. The lowest BCUT2D eigenvalue weighted by Gasteiger charge is -2.19. The minimum absolute atomic E-state index is 0.0688. The van der Waals surface area contributed by atoms with Crippen molar-refractivity contribution in [3.63, 3.8) is 0 Å². The minimum Gasteiger partial charge on any atom is -0.307 e. The Morgan fingerprint density at radius 3 is 2.80 bits per heavy atom. The number of alkyl halides is 2. The molecular weight excluding hydrogens is 381 g/mol. The normalized spacial score (nSPS) is 20.5. The number of anilines is 1. The fourth-order valence-corrected chi connectivity index (χ4v) is 2.74. The molecule has 2 aliphatic heterocycles. The first-order chi connectivity index (χ1) is 9.39. The van der Waals surface area contributed by atoms with Gasteiger partial charge in [-0.2, -0.15) is 8.78 Å². The molecular formula is C12H11F2IN4O. The second-order valence-electron chi connectivity index (χ2n) is 4.60. The summed E-state index contributed by atoms with van der Waals surface area (Å²) in [4.78, 5) is 13.1. The van der Waals surface area contributed by atoms with Crippen LogP contribution < -0.4 is 15.8 Å². The van der Waals surface area contributed by atoms with Crippen LogP contribution in [0.25, 0.3) is 0 Å². The third-order valence-electron chi connectivity index (χ3n) is 3.17. The number of nitrogens with zero attached hydrogens (tertiary/aromatic N) is 2. The van der Waals surface area contributed by atoms with Gasteiger partial charge in [0, 0.05) is 16.8 Å². The molecule has 20 heavy (non-hydrogen) atoms. The van der Waals surface area contributed by atoms with Crippen molar-refractivity contribution in [2.75, 3.05) is 18.5 Å². The molecule has 0 spiro atoms. The summed E-state index contributed by atoms with van der Waals surface area (Å²) < 4.78 is 28.8. The number of hydrogen-bond acceptors (Lipinski definition) is 4. The van der Waals surface area contributed by atoms with Gasteiger partial charge >= 0.3 is 11.8 Å². The van der Waals surface area contributed by atoms with Gasteiger partial charge in [-0.25, -0.2) is 0 Å². The van der Waals surface area contributed by atoms with Crippen molar-refractivity contribution in [3.8, 4) is 0 Å². The lowest BCUT2D eigenvalue weighted by Crippen LogP contribution is -2.40. The fraction of sp³-hybridized carbons (Fsp3) is 0.250. The van der Waals surface area contributed by atoms with Crippen LogP contribution in [0.4, 0.5) is 14.5 Å². The maximum Gasteiger partial charge on any atom is 0.352 e. The van der Waals surface area contributed by atoms with E-state index in [0.29, 0.717) is 9.27 Å². The van der Waals surface area contributed by atoms with Gasteiger partial charge in [0.25, 0.3) is 0 Å². The summed E-state index contributed by atoms with van der Waals surface area (Å²) in [6.07, 6.45) is 1.64. The van der Waals surface area contributed by atoms with E-state index in [4.69, 9.17) is 0 Å². The molecule has 0 saturated carbocycles. The lowest BCUT2D eigenvalue weighted by molar-refractivity contribution is -0.141. The Morgan fingerprint density at radius 1 is 1.40 bits per heavy atom. The molecule has 5 nitrogen and oxygen atoms in total. The molecule has 0 aromatic heterocycles. The van der Waals surface area contributed by atoms with Gasteiger partial charge < -0.3 is 15.8 Å². The maximum absolute atomic E-state index is 14.1. The van der Waals surface area contributed by atoms with Crippen LogP contribution in [0.2, 0.25) is 0 Å². The molecule has 0 fully saturated rings. The summed E-state index contributed by atoms with van der Waals surface area (Å²) >= 11 is 1.95. The van der Waals surface area contributed by atoms with Gasteiger partial charge in [-0.15, -0.1) is 5.12 Å². The minimum atomic E-state index is -3.46. The van der Waals surface area contributed by atoms with E-state index in [1.165, 1.54) is 6.07 Å². The average molecular weight is 392 g/mol. The molecule has 106 valence electrons. The highest BCUT2D eigenvalue weighted by molar-refractivity contribution is 14.1. The predicted molar refractivity (Wildman–Crippen MR) is 77.5 cm³/mol. The molecule has 1 aromatic carbocycles. The fourth-order valence-electron chi connectivity index (χ4n) is 2.25. The molecule has 0 saturated heterocycles. The Balaban J connectivity index is 1.95. The Hall–Kier alpha value is -1.42. The van der Waals surface area contributed by atoms with Crippen LogP contribution in [0.5, 0.6) is 0 Å². The summed E-state index contributed by atoms with van der Waals surface area (Å²) in [5.74, 6) is -4.65. The number of nitrogens with one attached hydrogen (secondary N) is 2. The van der Waals surface area contributed by atoms with Crippen molar-refractivity contribution in [2.24, 2.45) is 0 Å². The number of benzene rings is 1. The van der Waals surface area contributed by atoms with Crippen LogP contribution in [0.1, 0.15) is 5.56 Å². The van der Waals surface area contributed by atoms with E-state index in [1.54, 1.807) is 30.5 Å². The first-order valence-electron chi connectivity index (χ1n) is 5.85. The second kappa shape index (κ2) is 4.55. The van der Waals surface area contributed by atoms with E-state index in [9.17, 15) is 13.6 Å². The monoisotopic (exact) mass is 392 g/mol. The van der Waals surface area contributed by atoms with E-state index in [1.807, 2.05) is 22.6 Å². The summed E-state index contributed by atoms with van der Waals surface area (Å²) in [7, 11) is 1.74. The van der Waals surface area contributed by atoms with Gasteiger partial charge in [-0.3, -0.25) is 4.79 Å². The first-order valence-corrected chi connectivity index (χ1v) is 6.93. The lowest BCUT2D eigenvalue weighted by atomic mass is 10.1. The number of amides is 1. The van der Waals surface area contributed by atoms with E-state index in [-0.39, 0.29) is 17.8 Å². The SMILES string of the molecule is CN1NC=C(CN2C(=O)C(F)(F)c3cc(I)ccc32)N1. The van der Waals surface area contributed by atoms with E-state index in [2.05, 4.69) is 10.9 Å². The topological polar surface area (TPSA) is 47.6 Å². The van der Waals surface area contributed by atoms with Crippen LogP contribution in [0.15, 0.2) is 30.1 Å². The molecule has 1 aromatic rings. The largest absolute Gasteiger partial charge is 0.352 e. The zero-order chi connectivity index (χ0) is 14.5. The standard InChI is InChI=1S/C12H11F2IN4O/c1-18-16-5-8(17-18)6-19-10-3-2-7(15)4-9(10)12(13,14)11(19)20/h2-5,16-17H,6H2,1H3. The maximum atomic E-state index is 14.1.